The quantitative estimate of drug-likeness (QED) is 0.156. The molecule has 0 aliphatic heterocycles. The largest absolute Gasteiger partial charge is 0.309 e. The highest BCUT2D eigenvalue weighted by molar-refractivity contribution is 14.1. The average Bonchev–Trinajstić information content (AvgIpc) is 3.64. The van der Waals surface area contributed by atoms with E-state index in [1.807, 2.05) is 24.3 Å². The smallest absolute Gasteiger partial charge is 0.0552 e. The molecule has 1 nitrogen and oxygen atoms in total. The van der Waals surface area contributed by atoms with Gasteiger partial charge in [0.2, 0.25) is 0 Å². The molecule has 0 unspecified atom stereocenters. The van der Waals surface area contributed by atoms with Crippen molar-refractivity contribution >= 4 is 76.3 Å². The Morgan fingerprint density at radius 1 is 0.565 bits per heavy atom. The van der Waals surface area contributed by atoms with Gasteiger partial charge in [0.1, 0.15) is 0 Å². The van der Waals surface area contributed by atoms with Crippen LogP contribution in [0.1, 0.15) is 44.2 Å². The molecule has 4 heteroatoms. The minimum atomic E-state index is 1.07. The molecule has 1 aromatic heterocycles. The topological polar surface area (TPSA) is 4.93 Å². The van der Waals surface area contributed by atoms with E-state index in [1.165, 1.54) is 77.1 Å². The second kappa shape index (κ2) is 17.1. The first kappa shape index (κ1) is 34.2. The molecule has 0 amide bonds. The van der Waals surface area contributed by atoms with Gasteiger partial charge < -0.3 is 4.57 Å². The molecule has 0 fully saturated rings. The number of fused-ring (bicyclic) bond motifs is 6. The minimum absolute atomic E-state index is 1.07. The van der Waals surface area contributed by atoms with Gasteiger partial charge in [0.25, 0.3) is 0 Å². The number of rotatable bonds is 3. The van der Waals surface area contributed by atoms with E-state index in [0.29, 0.717) is 0 Å². The van der Waals surface area contributed by atoms with Gasteiger partial charge in [-0.3, -0.25) is 0 Å². The van der Waals surface area contributed by atoms with Crippen LogP contribution >= 0.6 is 54.5 Å². The van der Waals surface area contributed by atoms with Crippen molar-refractivity contribution in [2.45, 2.75) is 39.5 Å². The van der Waals surface area contributed by atoms with E-state index in [4.69, 9.17) is 0 Å². The fourth-order valence-corrected chi connectivity index (χ4v) is 7.35. The Labute approximate surface area is 304 Å². The zero-order chi connectivity index (χ0) is 32.3. The number of aromatic nitrogens is 1. The number of halogens is 3. The van der Waals surface area contributed by atoms with Gasteiger partial charge in [0.15, 0.2) is 0 Å². The van der Waals surface area contributed by atoms with Crippen molar-refractivity contribution in [3.8, 4) is 16.8 Å². The maximum absolute atomic E-state index is 3.69. The van der Waals surface area contributed by atoms with Gasteiger partial charge in [0.05, 0.1) is 11.0 Å². The Hall–Kier alpha value is -3.19. The Morgan fingerprint density at radius 3 is 1.80 bits per heavy atom. The van der Waals surface area contributed by atoms with Crippen molar-refractivity contribution in [1.82, 2.24) is 4.57 Å². The second-order valence-corrected chi connectivity index (χ2v) is 14.0. The van der Waals surface area contributed by atoms with Gasteiger partial charge in [0, 0.05) is 29.0 Å². The number of hydrogen-bond donors (Lipinski definition) is 0. The van der Waals surface area contributed by atoms with E-state index in [-0.39, 0.29) is 0 Å². The maximum Gasteiger partial charge on any atom is 0.0552 e. The van der Waals surface area contributed by atoms with Crippen LogP contribution in [0.25, 0.3) is 38.6 Å². The van der Waals surface area contributed by atoms with Gasteiger partial charge in [-0.25, -0.2) is 0 Å². The molecule has 6 aromatic carbocycles. The zero-order valence-electron chi connectivity index (χ0n) is 26.3. The Bertz CT molecular complexity index is 2000. The van der Waals surface area contributed by atoms with E-state index in [9.17, 15) is 0 Å². The van der Waals surface area contributed by atoms with Gasteiger partial charge in [-0.1, -0.05) is 162 Å². The molecule has 0 spiro atoms. The third-order valence-corrected chi connectivity index (χ3v) is 9.91. The van der Waals surface area contributed by atoms with Crippen LogP contribution in [0.2, 0.25) is 0 Å². The molecule has 0 bridgehead atoms. The molecule has 232 valence electrons. The third kappa shape index (κ3) is 8.20. The van der Waals surface area contributed by atoms with Crippen LogP contribution in [0.4, 0.5) is 0 Å². The summed E-state index contributed by atoms with van der Waals surface area (Å²) in [5.41, 5.74) is 9.29. The maximum atomic E-state index is 3.69. The molecule has 0 radical (unpaired) electrons. The summed E-state index contributed by atoms with van der Waals surface area (Å²) in [6.07, 6.45) is 5.15. The number of hydrogen-bond acceptors (Lipinski definition) is 0. The summed E-state index contributed by atoms with van der Waals surface area (Å²) in [5, 5.41) is 2.55. The Kier molecular flexibility index (Phi) is 12.7. The molecule has 46 heavy (non-hydrogen) atoms. The molecule has 0 saturated carbocycles. The minimum Gasteiger partial charge on any atom is -0.309 e. The van der Waals surface area contributed by atoms with Crippen LogP contribution in [0.15, 0.2) is 155 Å². The molecule has 1 aliphatic carbocycles. The summed E-state index contributed by atoms with van der Waals surface area (Å²) in [7, 11) is 0. The summed E-state index contributed by atoms with van der Waals surface area (Å²) < 4.78 is 5.95. The number of para-hydroxylation sites is 2. The predicted molar refractivity (Wildman–Crippen MR) is 215 cm³/mol. The van der Waals surface area contributed by atoms with Gasteiger partial charge in [-0.15, -0.1) is 0 Å². The normalized spacial score (nSPS) is 10.9. The van der Waals surface area contributed by atoms with E-state index in [0.717, 1.165) is 10.9 Å². The van der Waals surface area contributed by atoms with E-state index < -0.39 is 0 Å². The summed E-state index contributed by atoms with van der Waals surface area (Å²) in [4.78, 5) is 0. The molecular formula is C42H38Br2IN. The van der Waals surface area contributed by atoms with E-state index in [2.05, 4.69) is 194 Å². The molecule has 0 saturated heterocycles. The van der Waals surface area contributed by atoms with E-state index >= 15 is 0 Å². The Morgan fingerprint density at radius 2 is 1.13 bits per heavy atom. The second-order valence-electron chi connectivity index (χ2n) is 11.1. The molecule has 1 aliphatic rings. The third-order valence-electron chi connectivity index (χ3n) is 7.87. The first-order valence-electron chi connectivity index (χ1n) is 15.8. The lowest BCUT2D eigenvalue weighted by Crippen LogP contribution is -1.92. The zero-order valence-corrected chi connectivity index (χ0v) is 31.6. The summed E-state index contributed by atoms with van der Waals surface area (Å²) in [6.45, 7) is 4.42. The van der Waals surface area contributed by atoms with Crippen LogP contribution in [0, 0.1) is 3.57 Å². The highest BCUT2D eigenvalue weighted by Gasteiger charge is 2.19. The van der Waals surface area contributed by atoms with Gasteiger partial charge in [-0.05, 0) is 99.8 Å². The van der Waals surface area contributed by atoms with Crippen molar-refractivity contribution in [3.05, 3.63) is 169 Å². The summed E-state index contributed by atoms with van der Waals surface area (Å²) in [5.74, 6) is 0. The lowest BCUT2D eigenvalue weighted by Gasteiger charge is -2.07. The Balaban J connectivity index is 0.000000138. The SMILES string of the molecule is Brc1cccc2c1-c1ccccc1C2.Brc1cccc2c1c1ccccc1n2-c1ccccc1.CCCCC.Ic1ccccc1. The number of unbranched alkanes of at least 4 members (excludes halogenated alkanes) is 2. The van der Waals surface area contributed by atoms with Crippen molar-refractivity contribution in [3.63, 3.8) is 0 Å². The summed E-state index contributed by atoms with van der Waals surface area (Å²) in [6, 6.07) is 50.7. The van der Waals surface area contributed by atoms with E-state index in [1.54, 1.807) is 0 Å². The molecular weight excluding hydrogens is 805 g/mol. The fraction of sp³-hybridized carbons (Fsp3) is 0.143. The van der Waals surface area contributed by atoms with Crippen molar-refractivity contribution in [2.24, 2.45) is 0 Å². The summed E-state index contributed by atoms with van der Waals surface area (Å²) >= 11 is 9.59. The van der Waals surface area contributed by atoms with Crippen LogP contribution < -0.4 is 0 Å². The van der Waals surface area contributed by atoms with Crippen LogP contribution in [0.3, 0.4) is 0 Å². The molecule has 1 heterocycles. The van der Waals surface area contributed by atoms with Crippen LogP contribution in [-0.4, -0.2) is 4.57 Å². The molecule has 0 atom stereocenters. The fourth-order valence-electron chi connectivity index (χ4n) is 5.74. The highest BCUT2D eigenvalue weighted by Crippen LogP contribution is 2.41. The van der Waals surface area contributed by atoms with Gasteiger partial charge in [-0.2, -0.15) is 0 Å². The van der Waals surface area contributed by atoms with Crippen molar-refractivity contribution < 1.29 is 0 Å². The number of benzene rings is 6. The lowest BCUT2D eigenvalue weighted by atomic mass is 10.1. The lowest BCUT2D eigenvalue weighted by molar-refractivity contribution is 0.772. The van der Waals surface area contributed by atoms with Crippen molar-refractivity contribution in [2.75, 3.05) is 0 Å². The first-order chi connectivity index (χ1) is 22.5. The van der Waals surface area contributed by atoms with Gasteiger partial charge >= 0.3 is 0 Å². The van der Waals surface area contributed by atoms with Crippen molar-refractivity contribution in [1.29, 1.82) is 0 Å². The first-order valence-corrected chi connectivity index (χ1v) is 18.5. The molecule has 0 N–H and O–H groups in total. The number of nitrogens with zero attached hydrogens (tertiary/aromatic N) is 1. The van der Waals surface area contributed by atoms with Crippen LogP contribution in [-0.2, 0) is 6.42 Å². The van der Waals surface area contributed by atoms with Crippen LogP contribution in [0.5, 0.6) is 0 Å². The molecule has 8 rings (SSSR count). The predicted octanol–water partition coefficient (Wildman–Crippen LogP) is 14.1. The average molecular weight is 843 g/mol. The standard InChI is InChI=1S/C18H12BrN.C13H9Br.C6H5I.C5H12/c19-15-10-6-12-17-18(15)14-9-4-5-11-16(14)20(17)13-7-2-1-3-8-13;14-12-7-3-5-10-8-9-4-1-2-6-11(9)13(10)12;7-6-4-2-1-3-5-6;1-3-5-4-2/h1-12H;1-7H,8H2;1-5H;3-5H2,1-2H3. The molecule has 7 aromatic rings. The monoisotopic (exact) mass is 841 g/mol. The highest BCUT2D eigenvalue weighted by atomic mass is 127.